The Labute approximate surface area is 102 Å². The number of rotatable bonds is 5. The average molecular weight is 236 g/mol. The predicted octanol–water partition coefficient (Wildman–Crippen LogP) is 2.16. The molecule has 1 aliphatic heterocycles. The molecular weight excluding hydrogens is 216 g/mol. The summed E-state index contributed by atoms with van der Waals surface area (Å²) in [5, 5.41) is 9.41. The van der Waals surface area contributed by atoms with Gasteiger partial charge in [0.2, 0.25) is 0 Å². The molecule has 1 saturated heterocycles. The summed E-state index contributed by atoms with van der Waals surface area (Å²) in [5.41, 5.74) is 1.03. The van der Waals surface area contributed by atoms with Crippen LogP contribution in [0.1, 0.15) is 25.0 Å². The van der Waals surface area contributed by atoms with Gasteiger partial charge in [-0.05, 0) is 18.9 Å². The number of aliphatic hydroxyl groups is 1. The number of benzene rings is 1. The van der Waals surface area contributed by atoms with Crippen molar-refractivity contribution in [3.63, 3.8) is 0 Å². The Morgan fingerprint density at radius 2 is 2.18 bits per heavy atom. The van der Waals surface area contributed by atoms with E-state index in [1.807, 2.05) is 30.3 Å². The molecule has 1 N–H and O–H groups in total. The summed E-state index contributed by atoms with van der Waals surface area (Å²) >= 11 is 0. The van der Waals surface area contributed by atoms with Crippen LogP contribution in [-0.2, 0) is 9.47 Å². The molecule has 2 rings (SSSR count). The van der Waals surface area contributed by atoms with Gasteiger partial charge in [-0.15, -0.1) is 0 Å². The van der Waals surface area contributed by atoms with Crippen LogP contribution >= 0.6 is 0 Å². The fourth-order valence-electron chi connectivity index (χ4n) is 2.19. The smallest absolute Gasteiger partial charge is 0.106 e. The lowest BCUT2D eigenvalue weighted by Crippen LogP contribution is -2.24. The third-order valence-electron chi connectivity index (χ3n) is 3.34. The van der Waals surface area contributed by atoms with E-state index in [2.05, 4.69) is 6.92 Å². The van der Waals surface area contributed by atoms with Gasteiger partial charge in [-0.1, -0.05) is 30.3 Å². The van der Waals surface area contributed by atoms with Crippen molar-refractivity contribution in [3.8, 4) is 0 Å². The minimum absolute atomic E-state index is 0.0158. The summed E-state index contributed by atoms with van der Waals surface area (Å²) in [5.74, 6) is 0.452. The second-order valence-electron chi connectivity index (χ2n) is 4.55. The zero-order chi connectivity index (χ0) is 12.1. The second kappa shape index (κ2) is 6.15. The van der Waals surface area contributed by atoms with E-state index in [-0.39, 0.29) is 18.8 Å². The molecule has 0 saturated carbocycles. The van der Waals surface area contributed by atoms with Crippen LogP contribution in [0.2, 0.25) is 0 Å². The van der Waals surface area contributed by atoms with Gasteiger partial charge in [0.25, 0.3) is 0 Å². The topological polar surface area (TPSA) is 38.7 Å². The first-order chi connectivity index (χ1) is 8.31. The molecule has 0 aromatic heterocycles. The van der Waals surface area contributed by atoms with Gasteiger partial charge in [0.05, 0.1) is 19.3 Å². The molecule has 0 bridgehead atoms. The standard InChI is InChI=1S/C14H20O3/c1-11(13-7-8-16-10-13)17-14(9-15)12-5-3-2-4-6-12/h2-6,11,13-15H,7-10H2,1H3. The zero-order valence-corrected chi connectivity index (χ0v) is 10.2. The van der Waals surface area contributed by atoms with Crippen LogP contribution in [-0.4, -0.2) is 31.0 Å². The fraction of sp³-hybridized carbons (Fsp3) is 0.571. The van der Waals surface area contributed by atoms with Gasteiger partial charge in [-0.25, -0.2) is 0 Å². The molecule has 3 nitrogen and oxygen atoms in total. The molecule has 1 heterocycles. The van der Waals surface area contributed by atoms with Crippen LogP contribution in [0, 0.1) is 5.92 Å². The van der Waals surface area contributed by atoms with Gasteiger partial charge < -0.3 is 14.6 Å². The molecule has 0 radical (unpaired) electrons. The predicted molar refractivity (Wildman–Crippen MR) is 65.7 cm³/mol. The van der Waals surface area contributed by atoms with Crippen LogP contribution in [0.5, 0.6) is 0 Å². The molecule has 1 aromatic carbocycles. The average Bonchev–Trinajstić information content (AvgIpc) is 2.90. The van der Waals surface area contributed by atoms with Crippen LogP contribution in [0.4, 0.5) is 0 Å². The van der Waals surface area contributed by atoms with Crippen molar-refractivity contribution < 1.29 is 14.6 Å². The number of aliphatic hydroxyl groups excluding tert-OH is 1. The van der Waals surface area contributed by atoms with Crippen molar-refractivity contribution in [2.45, 2.75) is 25.6 Å². The van der Waals surface area contributed by atoms with Crippen LogP contribution in [0.25, 0.3) is 0 Å². The Balaban J connectivity index is 1.95. The van der Waals surface area contributed by atoms with E-state index in [0.717, 1.165) is 25.2 Å². The van der Waals surface area contributed by atoms with E-state index in [9.17, 15) is 5.11 Å². The molecule has 3 heteroatoms. The Hall–Kier alpha value is -0.900. The first-order valence-electron chi connectivity index (χ1n) is 6.20. The highest BCUT2D eigenvalue weighted by atomic mass is 16.5. The molecule has 1 fully saturated rings. The molecule has 17 heavy (non-hydrogen) atoms. The van der Waals surface area contributed by atoms with Crippen LogP contribution in [0.15, 0.2) is 30.3 Å². The molecule has 3 unspecified atom stereocenters. The maximum atomic E-state index is 9.41. The molecule has 3 atom stereocenters. The Kier molecular flexibility index (Phi) is 4.54. The Bertz CT molecular complexity index is 319. The molecule has 0 amide bonds. The van der Waals surface area contributed by atoms with Gasteiger partial charge >= 0.3 is 0 Å². The summed E-state index contributed by atoms with van der Waals surface area (Å²) in [6.45, 7) is 3.68. The van der Waals surface area contributed by atoms with Crippen LogP contribution in [0.3, 0.4) is 0 Å². The van der Waals surface area contributed by atoms with E-state index < -0.39 is 0 Å². The fourth-order valence-corrected chi connectivity index (χ4v) is 2.19. The van der Waals surface area contributed by atoms with E-state index >= 15 is 0 Å². The van der Waals surface area contributed by atoms with Gasteiger partial charge in [-0.3, -0.25) is 0 Å². The molecule has 1 aliphatic rings. The highest BCUT2D eigenvalue weighted by Gasteiger charge is 2.25. The number of ether oxygens (including phenoxy) is 2. The monoisotopic (exact) mass is 236 g/mol. The second-order valence-corrected chi connectivity index (χ2v) is 4.55. The molecule has 94 valence electrons. The minimum atomic E-state index is -0.230. The van der Waals surface area contributed by atoms with Gasteiger partial charge in [-0.2, -0.15) is 0 Å². The van der Waals surface area contributed by atoms with Crippen molar-refractivity contribution in [1.29, 1.82) is 0 Å². The number of hydrogen-bond acceptors (Lipinski definition) is 3. The van der Waals surface area contributed by atoms with Crippen molar-refractivity contribution in [1.82, 2.24) is 0 Å². The summed E-state index contributed by atoms with van der Waals surface area (Å²) < 4.78 is 11.3. The van der Waals surface area contributed by atoms with Crippen molar-refractivity contribution in [3.05, 3.63) is 35.9 Å². The largest absolute Gasteiger partial charge is 0.393 e. The lowest BCUT2D eigenvalue weighted by atomic mass is 10.0. The third-order valence-corrected chi connectivity index (χ3v) is 3.34. The van der Waals surface area contributed by atoms with Crippen molar-refractivity contribution >= 4 is 0 Å². The summed E-state index contributed by atoms with van der Waals surface area (Å²) in [6, 6.07) is 9.86. The van der Waals surface area contributed by atoms with Gasteiger partial charge in [0.15, 0.2) is 0 Å². The Morgan fingerprint density at radius 3 is 2.76 bits per heavy atom. The zero-order valence-electron chi connectivity index (χ0n) is 10.2. The van der Waals surface area contributed by atoms with Crippen molar-refractivity contribution in [2.75, 3.05) is 19.8 Å². The first kappa shape index (κ1) is 12.6. The molecule has 1 aromatic rings. The summed E-state index contributed by atoms with van der Waals surface area (Å²) in [4.78, 5) is 0. The lowest BCUT2D eigenvalue weighted by molar-refractivity contribution is -0.0583. The third kappa shape index (κ3) is 3.28. The summed E-state index contributed by atoms with van der Waals surface area (Å²) in [7, 11) is 0. The maximum absolute atomic E-state index is 9.41. The highest BCUT2D eigenvalue weighted by molar-refractivity contribution is 5.17. The SMILES string of the molecule is CC(OC(CO)c1ccccc1)C1CCOC1. The normalized spacial score (nSPS) is 23.5. The van der Waals surface area contributed by atoms with Crippen molar-refractivity contribution in [2.24, 2.45) is 5.92 Å². The summed E-state index contributed by atoms with van der Waals surface area (Å²) in [6.07, 6.45) is 0.940. The number of hydrogen-bond donors (Lipinski definition) is 1. The molecular formula is C14H20O3. The first-order valence-corrected chi connectivity index (χ1v) is 6.20. The lowest BCUT2D eigenvalue weighted by Gasteiger charge is -2.24. The van der Waals surface area contributed by atoms with E-state index in [1.54, 1.807) is 0 Å². The van der Waals surface area contributed by atoms with E-state index in [4.69, 9.17) is 9.47 Å². The van der Waals surface area contributed by atoms with Gasteiger partial charge in [0, 0.05) is 12.5 Å². The highest BCUT2D eigenvalue weighted by Crippen LogP contribution is 2.25. The molecule has 0 spiro atoms. The Morgan fingerprint density at radius 1 is 1.41 bits per heavy atom. The molecule has 0 aliphatic carbocycles. The maximum Gasteiger partial charge on any atom is 0.106 e. The van der Waals surface area contributed by atoms with Gasteiger partial charge in [0.1, 0.15) is 6.10 Å². The van der Waals surface area contributed by atoms with E-state index in [0.29, 0.717) is 5.92 Å². The quantitative estimate of drug-likeness (QED) is 0.851. The van der Waals surface area contributed by atoms with Crippen LogP contribution < -0.4 is 0 Å². The van der Waals surface area contributed by atoms with E-state index in [1.165, 1.54) is 0 Å². The minimum Gasteiger partial charge on any atom is -0.393 e.